The van der Waals surface area contributed by atoms with Gasteiger partial charge in [-0.15, -0.1) is 11.6 Å². The Morgan fingerprint density at radius 3 is 2.41 bits per heavy atom. The molecule has 39 heavy (non-hydrogen) atoms. The van der Waals surface area contributed by atoms with Crippen LogP contribution in [0.3, 0.4) is 0 Å². The number of carbonyl (C=O) groups excluding carboxylic acids is 2. The largest absolute Gasteiger partial charge is 0.385 e. The average Bonchev–Trinajstić information content (AvgIpc) is 3.13. The van der Waals surface area contributed by atoms with Gasteiger partial charge < -0.3 is 15.0 Å². The minimum absolute atomic E-state index is 0.0241. The summed E-state index contributed by atoms with van der Waals surface area (Å²) < 4.78 is 4.95. The van der Waals surface area contributed by atoms with Crippen molar-refractivity contribution in [2.45, 2.75) is 62.8 Å². The zero-order chi connectivity index (χ0) is 29.0. The van der Waals surface area contributed by atoms with Gasteiger partial charge in [-0.25, -0.2) is 0 Å². The van der Waals surface area contributed by atoms with Crippen LogP contribution in [0.1, 0.15) is 36.8 Å². The summed E-state index contributed by atoms with van der Waals surface area (Å²) in [7, 11) is 0.961. The third-order valence-corrected chi connectivity index (χ3v) is 9.79. The van der Waals surface area contributed by atoms with Gasteiger partial charge in [-0.2, -0.15) is 0 Å². The quantitative estimate of drug-likeness (QED) is 0.189. The molecule has 0 radical (unpaired) electrons. The van der Waals surface area contributed by atoms with E-state index in [0.717, 1.165) is 23.3 Å². The molecule has 212 valence electrons. The van der Waals surface area contributed by atoms with E-state index in [1.165, 1.54) is 6.04 Å². The maximum absolute atomic E-state index is 13.8. The van der Waals surface area contributed by atoms with Crippen molar-refractivity contribution in [2.75, 3.05) is 31.5 Å². The molecular weight excluding hydrogens is 571 g/mol. The van der Waals surface area contributed by atoms with Crippen LogP contribution < -0.4 is 5.32 Å². The maximum Gasteiger partial charge on any atom is 0.238 e. The van der Waals surface area contributed by atoms with Crippen LogP contribution in [0.5, 0.6) is 0 Å². The van der Waals surface area contributed by atoms with Crippen molar-refractivity contribution in [2.24, 2.45) is 0 Å². The summed E-state index contributed by atoms with van der Waals surface area (Å²) in [5.41, 5.74) is 2.04. The molecule has 1 N–H and O–H groups in total. The predicted molar refractivity (Wildman–Crippen MR) is 166 cm³/mol. The summed E-state index contributed by atoms with van der Waals surface area (Å²) in [5.74, 6) is -0.166. The van der Waals surface area contributed by atoms with Crippen LogP contribution in [0, 0.1) is 0 Å². The Morgan fingerprint density at radius 1 is 1.15 bits per heavy atom. The van der Waals surface area contributed by atoms with Gasteiger partial charge in [0, 0.05) is 62.3 Å². The topological polar surface area (TPSA) is 58.6 Å². The molecule has 9 heteroatoms. The van der Waals surface area contributed by atoms with Gasteiger partial charge in [0.15, 0.2) is 0 Å². The van der Waals surface area contributed by atoms with Crippen molar-refractivity contribution in [3.05, 3.63) is 75.8 Å². The Morgan fingerprint density at radius 2 is 1.85 bits per heavy atom. The van der Waals surface area contributed by atoms with Gasteiger partial charge in [-0.3, -0.25) is 9.59 Å². The number of ether oxygens (including phenoxy) is 1. The number of methoxy groups -OCH3 is 1. The molecule has 0 unspecified atom stereocenters. The molecule has 2 aromatic rings. The van der Waals surface area contributed by atoms with Crippen LogP contribution >= 0.6 is 34.8 Å². The van der Waals surface area contributed by atoms with Gasteiger partial charge in [0.2, 0.25) is 11.8 Å². The number of carbonyl (C=O) groups is 2. The predicted octanol–water partition coefficient (Wildman–Crippen LogP) is 7.74. The zero-order valence-corrected chi connectivity index (χ0v) is 26.7. The molecule has 2 aliphatic heterocycles. The average molecular weight is 610 g/mol. The van der Waals surface area contributed by atoms with E-state index >= 15 is 0 Å². The first kappa shape index (κ1) is 31.7. The maximum atomic E-state index is 13.8. The van der Waals surface area contributed by atoms with Crippen molar-refractivity contribution < 1.29 is 14.3 Å². The lowest BCUT2D eigenvalue weighted by atomic mass is 9.58. The fourth-order valence-corrected chi connectivity index (χ4v) is 6.94. The Kier molecular flexibility index (Phi) is 10.7. The molecule has 3 atom stereocenters. The second-order valence-corrected chi connectivity index (χ2v) is 18.4. The summed E-state index contributed by atoms with van der Waals surface area (Å²) in [6.45, 7) is 14.5. The van der Waals surface area contributed by atoms with Crippen LogP contribution in [0.15, 0.2) is 54.6 Å². The van der Waals surface area contributed by atoms with Gasteiger partial charge in [0.1, 0.15) is 5.41 Å². The van der Waals surface area contributed by atoms with Crippen molar-refractivity contribution >= 4 is 60.4 Å². The Labute approximate surface area is 248 Å². The monoisotopic (exact) mass is 608 g/mol. The van der Waals surface area contributed by atoms with Gasteiger partial charge in [-0.1, -0.05) is 73.2 Å². The minimum Gasteiger partial charge on any atom is -0.385 e. The number of alkyl halides is 1. The van der Waals surface area contributed by atoms with Crippen molar-refractivity contribution in [1.29, 1.82) is 0 Å². The number of hydrogen-bond acceptors (Lipinski definition) is 3. The fraction of sp³-hybridized carbons (Fsp3) is 0.467. The summed E-state index contributed by atoms with van der Waals surface area (Å²) in [5, 5.41) is 4.12. The minimum atomic E-state index is -1.04. The van der Waals surface area contributed by atoms with Crippen molar-refractivity contribution in [3.8, 4) is 0 Å². The van der Waals surface area contributed by atoms with Crippen molar-refractivity contribution in [1.82, 2.24) is 4.90 Å². The van der Waals surface area contributed by atoms with Gasteiger partial charge >= 0.3 is 0 Å². The third-order valence-electron chi connectivity index (χ3n) is 7.35. The summed E-state index contributed by atoms with van der Waals surface area (Å²) >= 11 is 18.5. The molecular formula is C30H39Cl3N2O3Si. The van der Waals surface area contributed by atoms with E-state index in [1.807, 2.05) is 31.2 Å². The number of nitrogens with zero attached hydrogens (tertiary/aromatic N) is 1. The van der Waals surface area contributed by atoms with Crippen LogP contribution in [-0.4, -0.2) is 57.0 Å². The summed E-state index contributed by atoms with van der Waals surface area (Å²) in [4.78, 5) is 29.0. The number of hydrogen-bond donors (Lipinski definition) is 1. The number of anilines is 1. The van der Waals surface area contributed by atoms with Crippen LogP contribution in [0.2, 0.25) is 35.7 Å². The normalized spacial score (nSPS) is 22.3. The van der Waals surface area contributed by atoms with Gasteiger partial charge in [0.05, 0.1) is 6.04 Å². The summed E-state index contributed by atoms with van der Waals surface area (Å²) in [6, 6.07) is 13.6. The highest BCUT2D eigenvalue weighted by Crippen LogP contribution is 2.56. The number of nitrogens with one attached hydrogen (secondary N) is 1. The number of rotatable bonds is 8. The van der Waals surface area contributed by atoms with E-state index in [-0.39, 0.29) is 18.2 Å². The SMILES string of the molecule is C=C(C)[C@H]1N(CCCCl)C(=O)C[C@@H](c2cccc(Cl)c2)[C@]12C(=O)Nc1cc(Cl)ccc12.COCC[Si](C)(C)C. The van der Waals surface area contributed by atoms with Crippen LogP contribution in [-0.2, 0) is 19.7 Å². The van der Waals surface area contributed by atoms with Crippen LogP contribution in [0.25, 0.3) is 0 Å². The molecule has 4 rings (SSSR count). The lowest BCUT2D eigenvalue weighted by Gasteiger charge is -2.51. The van der Waals surface area contributed by atoms with Crippen LogP contribution in [0.4, 0.5) is 5.69 Å². The van der Waals surface area contributed by atoms with E-state index < -0.39 is 25.4 Å². The second kappa shape index (κ2) is 13.2. The number of halogens is 3. The smallest absolute Gasteiger partial charge is 0.238 e. The van der Waals surface area contributed by atoms with E-state index in [9.17, 15) is 9.59 Å². The zero-order valence-electron chi connectivity index (χ0n) is 23.5. The first-order chi connectivity index (χ1) is 18.4. The highest BCUT2D eigenvalue weighted by atomic mass is 35.5. The highest BCUT2D eigenvalue weighted by Gasteiger charge is 2.63. The number of benzene rings is 2. The molecule has 1 saturated heterocycles. The van der Waals surface area contributed by atoms with E-state index in [2.05, 4.69) is 31.5 Å². The molecule has 2 heterocycles. The molecule has 0 bridgehead atoms. The molecule has 0 aromatic heterocycles. The molecule has 2 aromatic carbocycles. The molecule has 1 spiro atoms. The highest BCUT2D eigenvalue weighted by molar-refractivity contribution is 6.76. The number of likely N-dealkylation sites (tertiary alicyclic amines) is 1. The first-order valence-electron chi connectivity index (χ1n) is 13.2. The van der Waals surface area contributed by atoms with Crippen molar-refractivity contribution in [3.63, 3.8) is 0 Å². The first-order valence-corrected chi connectivity index (χ1v) is 18.2. The Bertz CT molecular complexity index is 1220. The molecule has 2 amide bonds. The van der Waals surface area contributed by atoms with E-state index in [1.54, 1.807) is 30.2 Å². The van der Waals surface area contributed by atoms with E-state index in [4.69, 9.17) is 39.5 Å². The fourth-order valence-electron chi connectivity index (χ4n) is 5.63. The standard InChI is InChI=1S/C24H23Cl3N2O2.C6H16OSi/c1-14(2)22-24(18-8-7-17(27)12-20(18)28-23(24)31)19(15-5-3-6-16(26)11-15)13-21(30)29(22)10-4-9-25;1-7-5-6-8(2,3)4/h3,5-8,11-12,19,22H,1,4,9-10,13H2,2H3,(H,28,31);5-6H2,1-4H3/t19-,22+,24-;/m0./s1. The Hall–Kier alpha value is -1.83. The second-order valence-electron chi connectivity index (χ2n) is 11.5. The summed E-state index contributed by atoms with van der Waals surface area (Å²) in [6.07, 6.45) is 0.811. The number of fused-ring (bicyclic) bond motifs is 2. The molecule has 2 aliphatic rings. The van der Waals surface area contributed by atoms with Gasteiger partial charge in [0.25, 0.3) is 0 Å². The molecule has 1 fully saturated rings. The van der Waals surface area contributed by atoms with Gasteiger partial charge in [-0.05, 0) is 54.8 Å². The number of amides is 2. The lowest BCUT2D eigenvalue weighted by Crippen LogP contribution is -2.63. The molecule has 0 saturated carbocycles. The third kappa shape index (κ3) is 6.91. The van der Waals surface area contributed by atoms with E-state index in [0.29, 0.717) is 34.6 Å². The lowest BCUT2D eigenvalue weighted by molar-refractivity contribution is -0.143. The number of piperidine rings is 1. The molecule has 5 nitrogen and oxygen atoms in total. The Balaban J connectivity index is 0.000000459. The molecule has 0 aliphatic carbocycles.